The normalized spacial score (nSPS) is 14.4. The Morgan fingerprint density at radius 1 is 1.03 bits per heavy atom. The van der Waals surface area contributed by atoms with Gasteiger partial charge in [0, 0.05) is 0 Å². The van der Waals surface area contributed by atoms with Crippen LogP contribution in [-0.2, 0) is 22.4 Å². The molecule has 31 heavy (non-hydrogen) atoms. The summed E-state index contributed by atoms with van der Waals surface area (Å²) in [5.74, 6) is -2.65. The standard InChI is InChI=1S/C24H30FNO5/c1-24(2,3)31-23(30)26-20(13-16-9-5-4-6-10-16)21(27)15-18(22(28)29)14-17-11-7-8-12-19(17)25/h4-12,18,20-21,27H,13-15H2,1-3H3,(H,26,30)(H,28,29)/t18-,20+,21+/m1/s1. The summed E-state index contributed by atoms with van der Waals surface area (Å²) in [7, 11) is 0. The third kappa shape index (κ3) is 8.38. The largest absolute Gasteiger partial charge is 0.481 e. The van der Waals surface area contributed by atoms with Crippen LogP contribution in [0.4, 0.5) is 9.18 Å². The van der Waals surface area contributed by atoms with Gasteiger partial charge in [-0.15, -0.1) is 0 Å². The third-order valence-electron chi connectivity index (χ3n) is 4.76. The van der Waals surface area contributed by atoms with E-state index >= 15 is 0 Å². The molecule has 3 N–H and O–H groups in total. The van der Waals surface area contributed by atoms with E-state index in [0.29, 0.717) is 0 Å². The number of amides is 1. The molecule has 0 bridgehead atoms. The Morgan fingerprint density at radius 2 is 1.65 bits per heavy atom. The maximum Gasteiger partial charge on any atom is 0.407 e. The maximum absolute atomic E-state index is 14.0. The summed E-state index contributed by atoms with van der Waals surface area (Å²) in [5.41, 5.74) is 0.409. The van der Waals surface area contributed by atoms with Crippen molar-refractivity contribution < 1.29 is 28.9 Å². The van der Waals surface area contributed by atoms with E-state index in [0.717, 1.165) is 5.56 Å². The van der Waals surface area contributed by atoms with E-state index in [1.54, 1.807) is 26.8 Å². The van der Waals surface area contributed by atoms with Crippen molar-refractivity contribution in [3.05, 3.63) is 71.5 Å². The number of carboxylic acid groups (broad SMARTS) is 1. The first kappa shape index (κ1) is 24.3. The van der Waals surface area contributed by atoms with Crippen molar-refractivity contribution in [2.75, 3.05) is 0 Å². The van der Waals surface area contributed by atoms with Crippen LogP contribution >= 0.6 is 0 Å². The van der Waals surface area contributed by atoms with Gasteiger partial charge in [0.05, 0.1) is 18.1 Å². The van der Waals surface area contributed by atoms with Crippen molar-refractivity contribution in [3.63, 3.8) is 0 Å². The zero-order chi connectivity index (χ0) is 23.0. The number of carboxylic acids is 1. The average Bonchev–Trinajstić information content (AvgIpc) is 2.67. The summed E-state index contributed by atoms with van der Waals surface area (Å²) in [6.07, 6.45) is -1.82. The van der Waals surface area contributed by atoms with Gasteiger partial charge in [0.1, 0.15) is 11.4 Å². The van der Waals surface area contributed by atoms with Crippen molar-refractivity contribution in [2.24, 2.45) is 5.92 Å². The molecule has 0 saturated heterocycles. The van der Waals surface area contributed by atoms with Crippen molar-refractivity contribution in [2.45, 2.75) is 57.8 Å². The van der Waals surface area contributed by atoms with Crippen LogP contribution in [0.1, 0.15) is 38.3 Å². The molecule has 2 aromatic rings. The molecule has 0 heterocycles. The van der Waals surface area contributed by atoms with E-state index in [-0.39, 0.29) is 24.8 Å². The number of carbonyl (C=O) groups is 2. The molecule has 7 heteroatoms. The minimum atomic E-state index is -1.18. The lowest BCUT2D eigenvalue weighted by molar-refractivity contribution is -0.143. The predicted molar refractivity (Wildman–Crippen MR) is 115 cm³/mol. The lowest BCUT2D eigenvalue weighted by Crippen LogP contribution is -2.47. The Morgan fingerprint density at radius 3 is 2.23 bits per heavy atom. The van der Waals surface area contributed by atoms with E-state index in [4.69, 9.17) is 4.74 Å². The number of nitrogens with one attached hydrogen (secondary N) is 1. The minimum Gasteiger partial charge on any atom is -0.481 e. The number of ether oxygens (including phenoxy) is 1. The van der Waals surface area contributed by atoms with Crippen LogP contribution < -0.4 is 5.32 Å². The zero-order valence-corrected chi connectivity index (χ0v) is 18.0. The average molecular weight is 432 g/mol. The van der Waals surface area contributed by atoms with Gasteiger partial charge in [-0.1, -0.05) is 48.5 Å². The van der Waals surface area contributed by atoms with Crippen LogP contribution in [0.25, 0.3) is 0 Å². The topological polar surface area (TPSA) is 95.9 Å². The van der Waals surface area contributed by atoms with E-state index in [1.165, 1.54) is 18.2 Å². The van der Waals surface area contributed by atoms with Crippen LogP contribution in [0.3, 0.4) is 0 Å². The number of benzene rings is 2. The second-order valence-electron chi connectivity index (χ2n) is 8.58. The third-order valence-corrected chi connectivity index (χ3v) is 4.76. The first-order valence-corrected chi connectivity index (χ1v) is 10.2. The molecular formula is C24H30FNO5. The van der Waals surface area contributed by atoms with Gasteiger partial charge in [-0.05, 0) is 57.2 Å². The Hall–Kier alpha value is -2.93. The molecule has 6 nitrogen and oxygen atoms in total. The van der Waals surface area contributed by atoms with Crippen molar-refractivity contribution in [1.82, 2.24) is 5.32 Å². The van der Waals surface area contributed by atoms with Crippen molar-refractivity contribution in [3.8, 4) is 0 Å². The molecule has 0 spiro atoms. The molecule has 0 fully saturated rings. The zero-order valence-electron chi connectivity index (χ0n) is 18.0. The van der Waals surface area contributed by atoms with Crippen molar-refractivity contribution in [1.29, 1.82) is 0 Å². The van der Waals surface area contributed by atoms with Crippen molar-refractivity contribution >= 4 is 12.1 Å². The van der Waals surface area contributed by atoms with Gasteiger partial charge in [0.15, 0.2) is 0 Å². The van der Waals surface area contributed by atoms with Crippen LogP contribution in [0, 0.1) is 11.7 Å². The number of halogens is 1. The van der Waals surface area contributed by atoms with Crippen LogP contribution in [0.5, 0.6) is 0 Å². The Kier molecular flexibility index (Phi) is 8.56. The predicted octanol–water partition coefficient (Wildman–Crippen LogP) is 3.96. The molecule has 0 aromatic heterocycles. The molecule has 0 saturated carbocycles. The first-order valence-electron chi connectivity index (χ1n) is 10.2. The minimum absolute atomic E-state index is 0.0659. The Bertz CT molecular complexity index is 866. The molecule has 0 aliphatic rings. The highest BCUT2D eigenvalue weighted by molar-refractivity contribution is 5.70. The van der Waals surface area contributed by atoms with Gasteiger partial charge in [-0.3, -0.25) is 4.79 Å². The summed E-state index contributed by atoms with van der Waals surface area (Å²) >= 11 is 0. The van der Waals surface area contributed by atoms with Crippen LogP contribution in [0.2, 0.25) is 0 Å². The molecule has 3 atom stereocenters. The smallest absolute Gasteiger partial charge is 0.407 e. The van der Waals surface area contributed by atoms with Crippen LogP contribution in [-0.4, -0.2) is 40.0 Å². The first-order chi connectivity index (χ1) is 14.5. The fourth-order valence-electron chi connectivity index (χ4n) is 3.27. The number of aliphatic hydroxyl groups is 1. The van der Waals surface area contributed by atoms with Gasteiger partial charge in [-0.2, -0.15) is 0 Å². The number of aliphatic hydroxyl groups excluding tert-OH is 1. The maximum atomic E-state index is 14.0. The van der Waals surface area contributed by atoms with Gasteiger partial charge >= 0.3 is 12.1 Å². The molecule has 2 aromatic carbocycles. The summed E-state index contributed by atoms with van der Waals surface area (Å²) in [4.78, 5) is 24.1. The monoisotopic (exact) mass is 431 g/mol. The molecule has 0 radical (unpaired) electrons. The SMILES string of the molecule is CC(C)(C)OC(=O)N[C@@H](Cc1ccccc1)[C@@H](O)C[C@@H](Cc1ccccc1F)C(=O)O. The van der Waals surface area contributed by atoms with Crippen LogP contribution in [0.15, 0.2) is 54.6 Å². The van der Waals surface area contributed by atoms with Gasteiger partial charge < -0.3 is 20.3 Å². The summed E-state index contributed by atoms with van der Waals surface area (Å²) in [5, 5.41) is 23.2. The summed E-state index contributed by atoms with van der Waals surface area (Å²) in [6.45, 7) is 5.18. The number of hydrogen-bond acceptors (Lipinski definition) is 4. The molecule has 1 amide bonds. The summed E-state index contributed by atoms with van der Waals surface area (Å²) < 4.78 is 19.3. The van der Waals surface area contributed by atoms with Gasteiger partial charge in [0.2, 0.25) is 0 Å². The van der Waals surface area contributed by atoms with E-state index < -0.39 is 41.5 Å². The van der Waals surface area contributed by atoms with E-state index in [2.05, 4.69) is 5.32 Å². The molecular weight excluding hydrogens is 401 g/mol. The molecule has 0 unspecified atom stereocenters. The fourth-order valence-corrected chi connectivity index (χ4v) is 3.27. The van der Waals surface area contributed by atoms with E-state index in [9.17, 15) is 24.2 Å². The fraction of sp³-hybridized carbons (Fsp3) is 0.417. The molecule has 0 aliphatic carbocycles. The van der Waals surface area contributed by atoms with E-state index in [1.807, 2.05) is 30.3 Å². The second-order valence-corrected chi connectivity index (χ2v) is 8.58. The lowest BCUT2D eigenvalue weighted by Gasteiger charge is -2.28. The van der Waals surface area contributed by atoms with Gasteiger partial charge in [-0.25, -0.2) is 9.18 Å². The highest BCUT2D eigenvalue weighted by Gasteiger charge is 2.30. The number of hydrogen-bond donors (Lipinski definition) is 3. The number of rotatable bonds is 9. The molecule has 0 aliphatic heterocycles. The Balaban J connectivity index is 2.16. The molecule has 2 rings (SSSR count). The lowest BCUT2D eigenvalue weighted by atomic mass is 9.89. The number of carbonyl (C=O) groups excluding carboxylic acids is 1. The highest BCUT2D eigenvalue weighted by atomic mass is 19.1. The summed E-state index contributed by atoms with van der Waals surface area (Å²) in [6, 6.07) is 14.4. The van der Waals surface area contributed by atoms with Gasteiger partial charge in [0.25, 0.3) is 0 Å². The number of aliphatic carboxylic acids is 1. The highest BCUT2D eigenvalue weighted by Crippen LogP contribution is 2.20. The quantitative estimate of drug-likeness (QED) is 0.559. The number of alkyl carbamates (subject to hydrolysis) is 1. The molecule has 168 valence electrons. The second kappa shape index (κ2) is 10.9. The Labute approximate surface area is 182 Å².